The minimum absolute atomic E-state index is 0.717. The Kier molecular flexibility index (Phi) is 1.36. The van der Waals surface area contributed by atoms with E-state index in [0.29, 0.717) is 6.54 Å². The van der Waals surface area contributed by atoms with Crippen molar-refractivity contribution >= 4 is 11.0 Å². The normalized spacial score (nSPS) is 10.6. The fraction of sp³-hybridized carbons (Fsp3) is 0.125. The van der Waals surface area contributed by atoms with E-state index in [9.17, 15) is 0 Å². The minimum atomic E-state index is 0.717. The lowest BCUT2D eigenvalue weighted by atomic mass is 10.3. The molecular weight excluding hydrogens is 138 g/mol. The monoisotopic (exact) mass is 148 g/mol. The van der Waals surface area contributed by atoms with Gasteiger partial charge < -0.3 is 10.7 Å². The first-order valence-electron chi connectivity index (χ1n) is 3.63. The van der Waals surface area contributed by atoms with Gasteiger partial charge in [0.15, 0.2) is 5.82 Å². The molecule has 0 saturated carbocycles. The summed E-state index contributed by atoms with van der Waals surface area (Å²) in [6.45, 7) is 0.717. The highest BCUT2D eigenvalue weighted by Gasteiger charge is 1.98. The zero-order valence-corrected chi connectivity index (χ0v) is 6.17. The van der Waals surface area contributed by atoms with E-state index < -0.39 is 0 Å². The summed E-state index contributed by atoms with van der Waals surface area (Å²) in [5, 5.41) is 0. The van der Waals surface area contributed by atoms with E-state index in [1.807, 2.05) is 24.3 Å². The third-order valence-electron chi connectivity index (χ3n) is 1.68. The average Bonchev–Trinajstić information content (AvgIpc) is 2.46. The fourth-order valence-corrected chi connectivity index (χ4v) is 1.12. The molecule has 0 bridgehead atoms. The van der Waals surface area contributed by atoms with E-state index in [4.69, 9.17) is 0 Å². The molecule has 0 aliphatic carbocycles. The molecule has 0 atom stereocenters. The molecule has 3 nitrogen and oxygen atoms in total. The summed E-state index contributed by atoms with van der Waals surface area (Å²) in [4.78, 5) is 7.48. The Morgan fingerprint density at radius 2 is 2.18 bits per heavy atom. The summed E-state index contributed by atoms with van der Waals surface area (Å²) in [7, 11) is 0. The Morgan fingerprint density at radius 1 is 1.36 bits per heavy atom. The molecule has 3 heteroatoms. The lowest BCUT2D eigenvalue weighted by molar-refractivity contribution is -0.388. The highest BCUT2D eigenvalue weighted by Crippen LogP contribution is 2.08. The van der Waals surface area contributed by atoms with Crippen LogP contribution in [-0.4, -0.2) is 9.97 Å². The molecule has 1 heterocycles. The van der Waals surface area contributed by atoms with Gasteiger partial charge in [-0.25, -0.2) is 4.98 Å². The predicted molar refractivity (Wildman–Crippen MR) is 42.7 cm³/mol. The summed E-state index contributed by atoms with van der Waals surface area (Å²) in [5.41, 5.74) is 5.87. The number of H-pyrrole nitrogens is 1. The standard InChI is InChI=1S/C8H9N3/c9-5-8-10-6-3-1-2-4-7(6)11-8/h1-4H,5,9H2,(H,10,11)/p+1. The highest BCUT2D eigenvalue weighted by molar-refractivity contribution is 5.74. The summed E-state index contributed by atoms with van der Waals surface area (Å²) in [6, 6.07) is 7.98. The highest BCUT2D eigenvalue weighted by atomic mass is 14.9. The number of aromatic amines is 1. The molecule has 0 saturated heterocycles. The molecule has 4 N–H and O–H groups in total. The topological polar surface area (TPSA) is 56.3 Å². The molecule has 0 radical (unpaired) electrons. The van der Waals surface area contributed by atoms with Crippen molar-refractivity contribution in [2.45, 2.75) is 6.54 Å². The molecule has 0 unspecified atom stereocenters. The van der Waals surface area contributed by atoms with Crippen molar-refractivity contribution in [1.29, 1.82) is 0 Å². The number of hydrogen-bond acceptors (Lipinski definition) is 1. The van der Waals surface area contributed by atoms with E-state index in [2.05, 4.69) is 15.7 Å². The molecule has 56 valence electrons. The number of hydrogen-bond donors (Lipinski definition) is 2. The molecule has 2 aromatic rings. The molecule has 11 heavy (non-hydrogen) atoms. The molecule has 0 fully saturated rings. The maximum Gasteiger partial charge on any atom is 0.162 e. The molecule has 0 amide bonds. The van der Waals surface area contributed by atoms with E-state index >= 15 is 0 Å². The first-order valence-corrected chi connectivity index (χ1v) is 3.63. The molecule has 0 spiro atoms. The number of aromatic nitrogens is 2. The second-order valence-electron chi connectivity index (χ2n) is 2.45. The van der Waals surface area contributed by atoms with Gasteiger partial charge in [-0.1, -0.05) is 12.1 Å². The van der Waals surface area contributed by atoms with Gasteiger partial charge in [0.25, 0.3) is 0 Å². The van der Waals surface area contributed by atoms with Gasteiger partial charge in [0.2, 0.25) is 0 Å². The van der Waals surface area contributed by atoms with Crippen LogP contribution in [0.3, 0.4) is 0 Å². The van der Waals surface area contributed by atoms with E-state index in [0.717, 1.165) is 16.9 Å². The van der Waals surface area contributed by atoms with Crippen molar-refractivity contribution in [3.63, 3.8) is 0 Å². The number of benzene rings is 1. The zero-order valence-electron chi connectivity index (χ0n) is 6.17. The van der Waals surface area contributed by atoms with Crippen LogP contribution in [-0.2, 0) is 6.54 Å². The summed E-state index contributed by atoms with van der Waals surface area (Å²) < 4.78 is 0. The largest absolute Gasteiger partial charge is 0.351 e. The maximum atomic E-state index is 4.31. The van der Waals surface area contributed by atoms with Crippen LogP contribution < -0.4 is 5.73 Å². The molecule has 1 aromatic carbocycles. The summed E-state index contributed by atoms with van der Waals surface area (Å²) in [6.07, 6.45) is 0. The molecule has 1 aromatic heterocycles. The number of rotatable bonds is 1. The van der Waals surface area contributed by atoms with E-state index in [1.54, 1.807) is 0 Å². The van der Waals surface area contributed by atoms with Gasteiger partial charge in [-0.05, 0) is 12.1 Å². The number of nitrogens with one attached hydrogen (secondary N) is 1. The maximum absolute atomic E-state index is 4.31. The lowest BCUT2D eigenvalue weighted by Gasteiger charge is -1.81. The SMILES string of the molecule is [NH3+]Cc1nc2ccccc2[nH]1. The van der Waals surface area contributed by atoms with Gasteiger partial charge in [-0.15, -0.1) is 0 Å². The predicted octanol–water partition coefficient (Wildman–Crippen LogP) is 0.305. The van der Waals surface area contributed by atoms with Crippen LogP contribution in [0.5, 0.6) is 0 Å². The van der Waals surface area contributed by atoms with Crippen molar-refractivity contribution < 1.29 is 5.73 Å². The number of imidazole rings is 1. The zero-order chi connectivity index (χ0) is 7.68. The van der Waals surface area contributed by atoms with Crippen LogP contribution in [0.1, 0.15) is 5.82 Å². The number of fused-ring (bicyclic) bond motifs is 1. The molecule has 2 rings (SSSR count). The summed E-state index contributed by atoms with van der Waals surface area (Å²) in [5.74, 6) is 0.950. The summed E-state index contributed by atoms with van der Waals surface area (Å²) >= 11 is 0. The van der Waals surface area contributed by atoms with Gasteiger partial charge >= 0.3 is 0 Å². The number of nitrogens with zero attached hydrogens (tertiary/aromatic N) is 1. The van der Waals surface area contributed by atoms with Crippen molar-refractivity contribution in [2.24, 2.45) is 0 Å². The van der Waals surface area contributed by atoms with Crippen LogP contribution in [0.15, 0.2) is 24.3 Å². The van der Waals surface area contributed by atoms with Crippen LogP contribution in [0.2, 0.25) is 0 Å². The second kappa shape index (κ2) is 2.36. The Morgan fingerprint density at radius 3 is 2.91 bits per heavy atom. The first-order chi connectivity index (χ1) is 5.40. The number of para-hydroxylation sites is 2. The van der Waals surface area contributed by atoms with Crippen molar-refractivity contribution in [1.82, 2.24) is 9.97 Å². The van der Waals surface area contributed by atoms with Crippen molar-refractivity contribution in [3.05, 3.63) is 30.1 Å². The third kappa shape index (κ3) is 0.991. The Bertz CT molecular complexity index is 331. The Balaban J connectivity index is 2.69. The van der Waals surface area contributed by atoms with E-state index in [-0.39, 0.29) is 0 Å². The quantitative estimate of drug-likeness (QED) is 0.600. The Hall–Kier alpha value is -1.35. The molecule has 0 aliphatic heterocycles. The smallest absolute Gasteiger partial charge is 0.162 e. The van der Waals surface area contributed by atoms with Gasteiger partial charge in [0.1, 0.15) is 6.54 Å². The van der Waals surface area contributed by atoms with Gasteiger partial charge in [-0.2, -0.15) is 0 Å². The van der Waals surface area contributed by atoms with Crippen molar-refractivity contribution in [2.75, 3.05) is 0 Å². The molecule has 0 aliphatic rings. The van der Waals surface area contributed by atoms with E-state index in [1.165, 1.54) is 0 Å². The lowest BCUT2D eigenvalue weighted by Crippen LogP contribution is -2.47. The minimum Gasteiger partial charge on any atom is -0.351 e. The van der Waals surface area contributed by atoms with Crippen LogP contribution in [0.4, 0.5) is 0 Å². The van der Waals surface area contributed by atoms with Gasteiger partial charge in [0, 0.05) is 0 Å². The second-order valence-corrected chi connectivity index (χ2v) is 2.45. The van der Waals surface area contributed by atoms with Crippen LogP contribution in [0.25, 0.3) is 11.0 Å². The van der Waals surface area contributed by atoms with Gasteiger partial charge in [0.05, 0.1) is 11.0 Å². The van der Waals surface area contributed by atoms with Gasteiger partial charge in [-0.3, -0.25) is 0 Å². The first kappa shape index (κ1) is 6.37. The van der Waals surface area contributed by atoms with Crippen LogP contribution >= 0.6 is 0 Å². The average molecular weight is 148 g/mol. The third-order valence-corrected chi connectivity index (χ3v) is 1.68. The number of quaternary nitrogens is 1. The van der Waals surface area contributed by atoms with Crippen molar-refractivity contribution in [3.8, 4) is 0 Å². The van der Waals surface area contributed by atoms with Crippen LogP contribution in [0, 0.1) is 0 Å². The Labute approximate surface area is 64.2 Å². The fourth-order valence-electron chi connectivity index (χ4n) is 1.12. The molecular formula is C8H10N3+.